The van der Waals surface area contributed by atoms with E-state index in [1.165, 1.54) is 37.8 Å². The molecule has 2 nitrogen and oxygen atoms in total. The summed E-state index contributed by atoms with van der Waals surface area (Å²) in [5.74, 6) is 0.963. The molecule has 3 rings (SSSR count). The molecule has 21 heavy (non-hydrogen) atoms. The van der Waals surface area contributed by atoms with Gasteiger partial charge in [0.15, 0.2) is 12.2 Å². The highest BCUT2D eigenvalue weighted by atomic mass is 19.4. The van der Waals surface area contributed by atoms with Crippen LogP contribution in [0.2, 0.25) is 0 Å². The van der Waals surface area contributed by atoms with Gasteiger partial charge in [-0.15, -0.1) is 0 Å². The number of benzene rings is 1. The number of hydrogen-bond acceptors (Lipinski definition) is 2. The summed E-state index contributed by atoms with van der Waals surface area (Å²) < 4.78 is 43.2. The molecule has 0 unspecified atom stereocenters. The maximum atomic E-state index is 12.6. The molecule has 0 spiro atoms. The minimum absolute atomic E-state index is 0.356. The van der Waals surface area contributed by atoms with Gasteiger partial charge in [-0.25, -0.2) is 4.98 Å². The van der Waals surface area contributed by atoms with Crippen LogP contribution in [0, 0.1) is 0 Å². The Morgan fingerprint density at radius 2 is 1.67 bits per heavy atom. The molecule has 0 amide bonds. The normalized spacial score (nSPS) is 17.1. The summed E-state index contributed by atoms with van der Waals surface area (Å²) in [5, 5.41) is 0. The van der Waals surface area contributed by atoms with Gasteiger partial charge in [-0.2, -0.15) is 13.2 Å². The predicted molar refractivity (Wildman–Crippen MR) is 72.8 cm³/mol. The third-order valence-electron chi connectivity index (χ3n) is 4.06. The van der Waals surface area contributed by atoms with Gasteiger partial charge in [0.1, 0.15) is 0 Å². The summed E-state index contributed by atoms with van der Waals surface area (Å²) in [5.41, 5.74) is 0.889. The highest BCUT2D eigenvalue weighted by Gasteiger charge is 2.30. The zero-order chi connectivity index (χ0) is 14.9. The first-order chi connectivity index (χ1) is 10.1. The van der Waals surface area contributed by atoms with Crippen LogP contribution in [0.3, 0.4) is 0 Å². The maximum Gasteiger partial charge on any atom is 0.416 e. The first-order valence-corrected chi connectivity index (χ1v) is 7.17. The van der Waals surface area contributed by atoms with E-state index in [1.54, 1.807) is 0 Å². The average molecular weight is 295 g/mol. The molecule has 0 bridgehead atoms. The van der Waals surface area contributed by atoms with Gasteiger partial charge in [0.2, 0.25) is 0 Å². The summed E-state index contributed by atoms with van der Waals surface area (Å²) in [6, 6.07) is 5.08. The van der Waals surface area contributed by atoms with E-state index in [4.69, 9.17) is 4.42 Å². The number of aromatic nitrogens is 1. The van der Waals surface area contributed by atoms with E-state index in [1.807, 2.05) is 0 Å². The van der Waals surface area contributed by atoms with Gasteiger partial charge in [0.25, 0.3) is 0 Å². The lowest BCUT2D eigenvalue weighted by Gasteiger charge is -2.20. The second-order valence-electron chi connectivity index (χ2n) is 5.48. The predicted octanol–water partition coefficient (Wildman–Crippen LogP) is 5.41. The van der Waals surface area contributed by atoms with Crippen LogP contribution in [-0.2, 0) is 6.18 Å². The van der Waals surface area contributed by atoms with E-state index >= 15 is 0 Å². The fourth-order valence-electron chi connectivity index (χ4n) is 2.95. The van der Waals surface area contributed by atoms with Crippen molar-refractivity contribution in [3.8, 4) is 11.3 Å². The van der Waals surface area contributed by atoms with Gasteiger partial charge in [-0.3, -0.25) is 0 Å². The zero-order valence-corrected chi connectivity index (χ0v) is 11.5. The van der Waals surface area contributed by atoms with Crippen LogP contribution >= 0.6 is 0 Å². The van der Waals surface area contributed by atoms with Crippen molar-refractivity contribution in [3.05, 3.63) is 41.9 Å². The molecular weight excluding hydrogens is 279 g/mol. The van der Waals surface area contributed by atoms with E-state index in [-0.39, 0.29) is 0 Å². The summed E-state index contributed by atoms with van der Waals surface area (Å²) in [4.78, 5) is 4.30. The van der Waals surface area contributed by atoms with E-state index in [0.29, 0.717) is 17.2 Å². The van der Waals surface area contributed by atoms with E-state index in [2.05, 4.69) is 4.98 Å². The van der Waals surface area contributed by atoms with Gasteiger partial charge in [-0.1, -0.05) is 31.4 Å². The second-order valence-corrected chi connectivity index (χ2v) is 5.48. The largest absolute Gasteiger partial charge is 0.443 e. The molecule has 1 aromatic heterocycles. The molecule has 0 aliphatic heterocycles. The molecule has 2 aromatic rings. The van der Waals surface area contributed by atoms with Crippen LogP contribution in [0.5, 0.6) is 0 Å². The van der Waals surface area contributed by atoms with Crippen molar-refractivity contribution in [3.63, 3.8) is 0 Å². The number of rotatable bonds is 2. The Morgan fingerprint density at radius 1 is 1.00 bits per heavy atom. The van der Waals surface area contributed by atoms with Gasteiger partial charge >= 0.3 is 6.18 Å². The van der Waals surface area contributed by atoms with Crippen LogP contribution in [0.25, 0.3) is 11.3 Å². The van der Waals surface area contributed by atoms with Crippen LogP contribution in [0.4, 0.5) is 13.2 Å². The highest BCUT2D eigenvalue weighted by molar-refractivity contribution is 5.61. The lowest BCUT2D eigenvalue weighted by molar-refractivity contribution is -0.137. The molecule has 1 aliphatic carbocycles. The zero-order valence-electron chi connectivity index (χ0n) is 11.5. The van der Waals surface area contributed by atoms with Crippen LogP contribution in [0.1, 0.15) is 49.3 Å². The molecule has 1 heterocycles. The quantitative estimate of drug-likeness (QED) is 0.740. The molecule has 1 aromatic carbocycles. The van der Waals surface area contributed by atoms with Gasteiger partial charge < -0.3 is 4.42 Å². The molecule has 0 N–H and O–H groups in total. The minimum atomic E-state index is -4.31. The van der Waals surface area contributed by atoms with Crippen molar-refractivity contribution in [2.75, 3.05) is 0 Å². The summed E-state index contributed by atoms with van der Waals surface area (Å²) in [6.07, 6.45) is 2.79. The molecular formula is C16H16F3NO. The number of halogens is 3. The number of nitrogens with zero attached hydrogens (tertiary/aromatic N) is 1. The van der Waals surface area contributed by atoms with Crippen molar-refractivity contribution in [2.24, 2.45) is 0 Å². The standard InChI is InChI=1S/C16H16F3NO/c17-16(18,19)13-8-6-12(7-9-13)15-14(20-10-21-15)11-4-2-1-3-5-11/h6-11H,1-5H2. The third-order valence-corrected chi connectivity index (χ3v) is 4.06. The van der Waals surface area contributed by atoms with E-state index < -0.39 is 11.7 Å². The van der Waals surface area contributed by atoms with Crippen molar-refractivity contribution < 1.29 is 17.6 Å². The highest BCUT2D eigenvalue weighted by Crippen LogP contribution is 2.38. The summed E-state index contributed by atoms with van der Waals surface area (Å²) >= 11 is 0. The van der Waals surface area contributed by atoms with E-state index in [9.17, 15) is 13.2 Å². The van der Waals surface area contributed by atoms with Crippen LogP contribution in [0.15, 0.2) is 35.1 Å². The lowest BCUT2D eigenvalue weighted by Crippen LogP contribution is -2.06. The molecule has 0 saturated heterocycles. The Bertz CT molecular complexity index is 595. The average Bonchev–Trinajstić information content (AvgIpc) is 2.97. The van der Waals surface area contributed by atoms with Crippen molar-refractivity contribution in [1.29, 1.82) is 0 Å². The van der Waals surface area contributed by atoms with Gasteiger partial charge in [0.05, 0.1) is 11.3 Å². The molecule has 0 atom stereocenters. The SMILES string of the molecule is FC(F)(F)c1ccc(-c2ocnc2C2CCCCC2)cc1. The summed E-state index contributed by atoms with van der Waals surface area (Å²) in [6.45, 7) is 0. The molecule has 1 fully saturated rings. The molecule has 0 radical (unpaired) electrons. The third kappa shape index (κ3) is 2.96. The smallest absolute Gasteiger partial charge is 0.416 e. The fourth-order valence-corrected chi connectivity index (χ4v) is 2.95. The van der Waals surface area contributed by atoms with Crippen molar-refractivity contribution in [2.45, 2.75) is 44.2 Å². The van der Waals surface area contributed by atoms with Crippen LogP contribution < -0.4 is 0 Å². The number of oxazole rings is 1. The Labute approximate surface area is 121 Å². The number of alkyl halides is 3. The van der Waals surface area contributed by atoms with Crippen molar-refractivity contribution in [1.82, 2.24) is 4.98 Å². The van der Waals surface area contributed by atoms with Crippen LogP contribution in [-0.4, -0.2) is 4.98 Å². The number of hydrogen-bond donors (Lipinski definition) is 0. The summed E-state index contributed by atoms with van der Waals surface area (Å²) in [7, 11) is 0. The molecule has 5 heteroatoms. The lowest BCUT2D eigenvalue weighted by atomic mass is 9.85. The Balaban J connectivity index is 1.89. The molecule has 112 valence electrons. The first kappa shape index (κ1) is 14.2. The van der Waals surface area contributed by atoms with Gasteiger partial charge in [-0.05, 0) is 25.0 Å². The Morgan fingerprint density at radius 3 is 2.29 bits per heavy atom. The maximum absolute atomic E-state index is 12.6. The fraction of sp³-hybridized carbons (Fsp3) is 0.438. The molecule has 1 aliphatic rings. The Hall–Kier alpha value is -1.78. The van der Waals surface area contributed by atoms with Crippen molar-refractivity contribution >= 4 is 0 Å². The molecule has 1 saturated carbocycles. The minimum Gasteiger partial charge on any atom is -0.443 e. The van der Waals surface area contributed by atoms with E-state index in [0.717, 1.165) is 30.7 Å². The first-order valence-electron chi connectivity index (χ1n) is 7.17. The van der Waals surface area contributed by atoms with Gasteiger partial charge in [0, 0.05) is 11.5 Å². The topological polar surface area (TPSA) is 26.0 Å². The second kappa shape index (κ2) is 5.54. The Kier molecular flexibility index (Phi) is 3.74. The monoisotopic (exact) mass is 295 g/mol.